The Balaban J connectivity index is 0.000000205. The van der Waals surface area contributed by atoms with Crippen molar-refractivity contribution in [2.75, 3.05) is 30.8 Å². The van der Waals surface area contributed by atoms with Crippen LogP contribution in [0.25, 0.3) is 67.9 Å². The van der Waals surface area contributed by atoms with Crippen LogP contribution in [0.5, 0.6) is 5.75 Å². The molecule has 0 spiro atoms. The molecule has 12 rings (SSSR count). The van der Waals surface area contributed by atoms with Crippen LogP contribution in [0, 0.1) is 25.5 Å². The third-order valence-corrected chi connectivity index (χ3v) is 16.6. The lowest BCUT2D eigenvalue weighted by atomic mass is 10.0. The van der Waals surface area contributed by atoms with Crippen molar-refractivity contribution in [3.8, 4) is 73.7 Å². The van der Waals surface area contributed by atoms with Gasteiger partial charge < -0.3 is 44.4 Å². The largest absolute Gasteiger partial charge is 0.497 e. The minimum absolute atomic E-state index is 0.00623. The number of halogens is 2. The Labute approximate surface area is 585 Å². The summed E-state index contributed by atoms with van der Waals surface area (Å²) in [5.41, 5.74) is 14.1. The predicted octanol–water partition coefficient (Wildman–Crippen LogP) is 15.4. The second-order valence-electron chi connectivity index (χ2n) is 24.1. The number of aromatic nitrogens is 4. The topological polar surface area (TPSA) is 260 Å². The maximum absolute atomic E-state index is 14.3. The molecule has 4 amide bonds. The third kappa shape index (κ3) is 18.4. The second kappa shape index (κ2) is 32.5. The van der Waals surface area contributed by atoms with Crippen LogP contribution in [0.3, 0.4) is 0 Å². The molecule has 0 bridgehead atoms. The molecule has 0 atom stereocenters. The first-order chi connectivity index (χ1) is 49.3. The summed E-state index contributed by atoms with van der Waals surface area (Å²) in [6.45, 7) is 5.21. The number of rotatable bonds is 24. The Morgan fingerprint density at radius 3 is 1.13 bits per heavy atom. The number of carbonyl (C=O) groups excluding carboxylic acids is 4. The van der Waals surface area contributed by atoms with Gasteiger partial charge >= 0.3 is 11.9 Å². The molecule has 0 saturated heterocycles. The lowest BCUT2D eigenvalue weighted by molar-refractivity contribution is -0.138. The molecule has 0 radical (unpaired) electrons. The number of aliphatic carboxylic acids is 2. The highest BCUT2D eigenvalue weighted by Gasteiger charge is 2.23. The summed E-state index contributed by atoms with van der Waals surface area (Å²) in [6.07, 6.45) is 0.596. The maximum atomic E-state index is 14.3. The van der Waals surface area contributed by atoms with Crippen molar-refractivity contribution < 1.29 is 61.5 Å². The molecule has 4 N–H and O–H groups in total. The van der Waals surface area contributed by atoms with E-state index in [-0.39, 0.29) is 42.4 Å². The molecule has 0 aliphatic carbocycles. The summed E-state index contributed by atoms with van der Waals surface area (Å²) in [5.74, 6) is -4.48. The number of carboxylic acid groups (broad SMARTS) is 2. The molecule has 0 unspecified atom stereocenters. The van der Waals surface area contributed by atoms with E-state index >= 15 is 0 Å². The van der Waals surface area contributed by atoms with Crippen LogP contribution in [-0.2, 0) is 51.5 Å². The fourth-order valence-corrected chi connectivity index (χ4v) is 11.0. The predicted molar refractivity (Wildman–Crippen MR) is 382 cm³/mol. The highest BCUT2D eigenvalue weighted by atomic mass is 19.1. The Morgan fingerprint density at radius 2 is 0.765 bits per heavy atom. The van der Waals surface area contributed by atoms with E-state index < -0.39 is 66.4 Å². The zero-order chi connectivity index (χ0) is 71.8. The number of ether oxygens (including phenoxy) is 1. The van der Waals surface area contributed by atoms with Gasteiger partial charge in [-0.25, -0.2) is 8.78 Å². The van der Waals surface area contributed by atoms with E-state index in [2.05, 4.69) is 93.3 Å². The number of carboxylic acids is 2. The van der Waals surface area contributed by atoms with Gasteiger partial charge in [0.15, 0.2) is 0 Å². The molecule has 512 valence electrons. The molecular formula is C81H68F2N8O11. The maximum Gasteiger partial charge on any atom is 0.323 e. The van der Waals surface area contributed by atoms with Crippen molar-refractivity contribution in [1.82, 2.24) is 30.1 Å². The van der Waals surface area contributed by atoms with E-state index in [1.165, 1.54) is 57.9 Å². The second-order valence-corrected chi connectivity index (χ2v) is 24.1. The number of carbonyl (C=O) groups is 6. The highest BCUT2D eigenvalue weighted by Crippen LogP contribution is 2.30. The van der Waals surface area contributed by atoms with Gasteiger partial charge in [0.2, 0.25) is 23.5 Å². The SMILES string of the molecule is CCc1ccc(CC(=O)Nc2ccc(C(=O)N(CC(=O)O)Cc3ccc(-c4noc(-c5ccc(-c6ccc(C)cc6)cc5)n4)cc3)cc2)cc1.COc1cc(F)c(CC(=O)Nc2ccc(C(=O)N(CC(=O)O)Cc3ccc(-c4noc(-c5ccc(-c6ccc(C)cc6)cc5)n4)cc3)cc2)c(F)c1. The molecule has 2 heterocycles. The van der Waals surface area contributed by atoms with Crippen LogP contribution in [0.15, 0.2) is 240 Å². The van der Waals surface area contributed by atoms with Gasteiger partial charge in [-0.3, -0.25) is 28.8 Å². The van der Waals surface area contributed by atoms with Crippen molar-refractivity contribution in [2.45, 2.75) is 53.1 Å². The highest BCUT2D eigenvalue weighted by molar-refractivity contribution is 5.99. The fourth-order valence-electron chi connectivity index (χ4n) is 11.0. The number of methoxy groups -OCH3 is 1. The first-order valence-electron chi connectivity index (χ1n) is 32.4. The van der Waals surface area contributed by atoms with Crippen LogP contribution in [0.2, 0.25) is 0 Å². The molecule has 102 heavy (non-hydrogen) atoms. The van der Waals surface area contributed by atoms with Crippen molar-refractivity contribution >= 4 is 46.9 Å². The van der Waals surface area contributed by atoms with E-state index in [9.17, 15) is 47.8 Å². The number of benzene rings is 10. The molecule has 10 aromatic carbocycles. The zero-order valence-electron chi connectivity index (χ0n) is 55.9. The van der Waals surface area contributed by atoms with Crippen molar-refractivity contribution in [1.29, 1.82) is 0 Å². The van der Waals surface area contributed by atoms with Crippen LogP contribution in [0.4, 0.5) is 20.2 Å². The van der Waals surface area contributed by atoms with Gasteiger partial charge in [-0.15, -0.1) is 0 Å². The zero-order valence-corrected chi connectivity index (χ0v) is 55.9. The van der Waals surface area contributed by atoms with Gasteiger partial charge in [0.05, 0.1) is 20.0 Å². The van der Waals surface area contributed by atoms with Gasteiger partial charge in [0.25, 0.3) is 23.6 Å². The number of hydrogen-bond donors (Lipinski definition) is 4. The molecule has 19 nitrogen and oxygen atoms in total. The van der Waals surface area contributed by atoms with Gasteiger partial charge in [0.1, 0.15) is 30.5 Å². The van der Waals surface area contributed by atoms with Gasteiger partial charge in [-0.1, -0.05) is 174 Å². The molecular weight excluding hydrogens is 1300 g/mol. The average Bonchev–Trinajstić information content (AvgIpc) is 1.43. The third-order valence-electron chi connectivity index (χ3n) is 16.6. The van der Waals surface area contributed by atoms with E-state index in [1.807, 2.05) is 91.9 Å². The van der Waals surface area contributed by atoms with Crippen molar-refractivity contribution in [3.05, 3.63) is 292 Å². The first-order valence-corrected chi connectivity index (χ1v) is 32.4. The van der Waals surface area contributed by atoms with Crippen molar-refractivity contribution in [3.63, 3.8) is 0 Å². The minimum Gasteiger partial charge on any atom is -0.497 e. The molecule has 0 fully saturated rings. The number of aryl methyl sites for hydroxylation is 3. The Bertz CT molecular complexity index is 4910. The van der Waals surface area contributed by atoms with E-state index in [0.29, 0.717) is 51.4 Å². The quantitative estimate of drug-likeness (QED) is 0.0438. The first kappa shape index (κ1) is 70.3. The summed E-state index contributed by atoms with van der Waals surface area (Å²) in [5, 5.41) is 32.7. The Hall–Kier alpha value is -13.0. The summed E-state index contributed by atoms with van der Waals surface area (Å²) >= 11 is 0. The summed E-state index contributed by atoms with van der Waals surface area (Å²) in [4.78, 5) is 86.8. The molecule has 0 saturated carbocycles. The van der Waals surface area contributed by atoms with Crippen LogP contribution in [0.1, 0.15) is 66.6 Å². The lowest BCUT2D eigenvalue weighted by Gasteiger charge is -2.21. The summed E-state index contributed by atoms with van der Waals surface area (Å²) in [6, 6.07) is 68.6. The Morgan fingerprint density at radius 1 is 0.431 bits per heavy atom. The Kier molecular flexibility index (Phi) is 22.4. The molecule has 0 aliphatic heterocycles. The number of nitrogens with zero attached hydrogens (tertiary/aromatic N) is 6. The molecule has 2 aromatic heterocycles. The van der Waals surface area contributed by atoms with E-state index in [4.69, 9.17) is 13.8 Å². The number of nitrogens with one attached hydrogen (secondary N) is 2. The van der Waals surface area contributed by atoms with Crippen LogP contribution in [-0.4, -0.2) is 96.1 Å². The van der Waals surface area contributed by atoms with E-state index in [1.54, 1.807) is 60.7 Å². The van der Waals surface area contributed by atoms with Crippen molar-refractivity contribution in [2.24, 2.45) is 0 Å². The monoisotopic (exact) mass is 1370 g/mol. The smallest absolute Gasteiger partial charge is 0.323 e. The average molecular weight is 1370 g/mol. The van der Waals surface area contributed by atoms with Crippen LogP contribution < -0.4 is 15.4 Å². The van der Waals surface area contributed by atoms with Gasteiger partial charge in [-0.2, -0.15) is 9.97 Å². The van der Waals surface area contributed by atoms with Gasteiger partial charge in [-0.05, 0) is 138 Å². The molecule has 0 aliphatic rings. The summed E-state index contributed by atoms with van der Waals surface area (Å²) < 4.78 is 44.5. The normalized spacial score (nSPS) is 10.8. The minimum atomic E-state index is -1.20. The number of hydrogen-bond acceptors (Lipinski definition) is 13. The lowest BCUT2D eigenvalue weighted by Crippen LogP contribution is -2.35. The van der Waals surface area contributed by atoms with E-state index in [0.717, 1.165) is 63.1 Å². The standard InChI is InChI=1S/C41H36N4O5.C40H32F2N4O6/c1-3-28-6-8-29(9-7-28)24-37(46)42-36-22-20-35(21-23-36)41(49)45(26-38(47)48)25-30-10-14-33(15-11-30)39-43-40(50-44-39)34-18-16-32(17-19-34)31-12-4-27(2)5-13-31;1-24-3-7-26(8-4-24)27-11-13-29(14-12-27)39-44-38(45-52-39)28-9-5-25(6-10-28)22-46(23-37(48)49)40(50)30-15-17-31(18-16-30)43-36(47)21-33-34(41)19-32(51-2)20-35(33)42/h4-23H,3,24-26H2,1-2H3,(H,42,46)(H,47,48);3-20H,21-23H2,1-2H3,(H,43,47)(H,48,49). The molecule has 21 heteroatoms. The number of amides is 4. The summed E-state index contributed by atoms with van der Waals surface area (Å²) in [7, 11) is 1.27. The molecule has 12 aromatic rings. The number of anilines is 2. The van der Waals surface area contributed by atoms with Crippen LogP contribution >= 0.6 is 0 Å². The van der Waals surface area contributed by atoms with Gasteiger partial charge in [0, 0.05) is 75.5 Å². The fraction of sp³-hybridized carbons (Fsp3) is 0.136.